The number of fused-ring (bicyclic) bond motifs is 1. The zero-order valence-corrected chi connectivity index (χ0v) is 9.26. The lowest BCUT2D eigenvalue weighted by molar-refractivity contribution is -0.520. The number of hydrogen-bond donors (Lipinski definition) is 1. The molecular weight excluding hydrogens is 228 g/mol. The lowest BCUT2D eigenvalue weighted by atomic mass is 10.5. The zero-order chi connectivity index (χ0) is 12.7. The van der Waals surface area contributed by atoms with Crippen LogP contribution in [0.4, 0.5) is 5.82 Å². The van der Waals surface area contributed by atoms with Gasteiger partial charge in [0, 0.05) is 6.92 Å². The van der Waals surface area contributed by atoms with E-state index < -0.39 is 17.4 Å². The van der Waals surface area contributed by atoms with Crippen LogP contribution in [-0.2, 0) is 11.3 Å². The Hall–Kier alpha value is -2.38. The predicted octanol–water partition coefficient (Wildman–Crippen LogP) is -1.17. The van der Waals surface area contributed by atoms with E-state index in [-0.39, 0.29) is 11.5 Å². The molecule has 2 rings (SSSR count). The molecule has 0 unspecified atom stereocenters. The van der Waals surface area contributed by atoms with Crippen LogP contribution < -0.4 is 9.51 Å². The average Bonchev–Trinajstić information content (AvgIpc) is 2.67. The van der Waals surface area contributed by atoms with E-state index >= 15 is 0 Å². The van der Waals surface area contributed by atoms with Gasteiger partial charge in [0.25, 0.3) is 0 Å². The lowest BCUT2D eigenvalue weighted by Gasteiger charge is -2.01. The normalized spacial score (nSPS) is 10.9. The highest BCUT2D eigenvalue weighted by atomic mass is 16.6. The molecule has 17 heavy (non-hydrogen) atoms. The molecule has 0 radical (unpaired) electrons. The Morgan fingerprint density at radius 1 is 1.59 bits per heavy atom. The molecule has 0 saturated heterocycles. The molecule has 0 fully saturated rings. The summed E-state index contributed by atoms with van der Waals surface area (Å²) in [5.41, 5.74) is 0.832. The van der Waals surface area contributed by atoms with Gasteiger partial charge in [-0.05, 0) is 11.8 Å². The van der Waals surface area contributed by atoms with Crippen molar-refractivity contribution >= 4 is 17.4 Å². The number of aryl methyl sites for hydroxylation is 2. The molecule has 0 aromatic carbocycles. The van der Waals surface area contributed by atoms with Gasteiger partial charge < -0.3 is 20.0 Å². The number of nitrogens with zero attached hydrogens (tertiary/aromatic N) is 3. The first kappa shape index (κ1) is 11.1. The molecular formula is C9H10N4O4. The third kappa shape index (κ3) is 1.63. The van der Waals surface area contributed by atoms with Crippen LogP contribution >= 0.6 is 0 Å². The second-order valence-corrected chi connectivity index (χ2v) is 3.74. The van der Waals surface area contributed by atoms with Crippen molar-refractivity contribution in [1.29, 1.82) is 0 Å². The zero-order valence-electron chi connectivity index (χ0n) is 9.26. The fraction of sp³-hybridized carbons (Fsp3) is 0.333. The highest BCUT2D eigenvalue weighted by molar-refractivity contribution is 5.66. The molecule has 1 N–H and O–H groups in total. The number of aromatic nitrogens is 3. The Morgan fingerprint density at radius 2 is 2.24 bits per heavy atom. The molecule has 0 aliphatic rings. The topological polar surface area (TPSA) is 108 Å². The monoisotopic (exact) mass is 238 g/mol. The maximum atomic E-state index is 10.9. The largest absolute Gasteiger partial charge is 0.547 e. The van der Waals surface area contributed by atoms with Gasteiger partial charge in [-0.3, -0.25) is 0 Å². The van der Waals surface area contributed by atoms with Gasteiger partial charge in [-0.25, -0.2) is 9.55 Å². The quantitative estimate of drug-likeness (QED) is 0.413. The molecule has 2 heterocycles. The maximum Gasteiger partial charge on any atom is 0.397 e. The predicted molar refractivity (Wildman–Crippen MR) is 53.1 cm³/mol. The number of carboxylic acid groups (broad SMARTS) is 1. The minimum absolute atomic E-state index is 0.217. The summed E-state index contributed by atoms with van der Waals surface area (Å²) in [6.07, 6.45) is 1.64. The smallest absolute Gasteiger partial charge is 0.397 e. The summed E-state index contributed by atoms with van der Waals surface area (Å²) in [4.78, 5) is 23.5. The summed E-state index contributed by atoms with van der Waals surface area (Å²) >= 11 is 0. The van der Waals surface area contributed by atoms with Crippen molar-refractivity contribution in [1.82, 2.24) is 9.55 Å². The molecule has 0 aliphatic heterocycles. The van der Waals surface area contributed by atoms with E-state index in [0.717, 1.165) is 0 Å². The van der Waals surface area contributed by atoms with Crippen LogP contribution in [-0.4, -0.2) is 20.4 Å². The number of H-pyrrole nitrogens is 1. The van der Waals surface area contributed by atoms with E-state index in [0.29, 0.717) is 11.5 Å². The number of aromatic amines is 1. The summed E-state index contributed by atoms with van der Waals surface area (Å²) in [6, 6.07) is 0. The van der Waals surface area contributed by atoms with Crippen LogP contribution in [0.1, 0.15) is 11.5 Å². The summed E-state index contributed by atoms with van der Waals surface area (Å²) < 4.78 is 2.88. The minimum atomic E-state index is -1.29. The fourth-order valence-electron chi connectivity index (χ4n) is 1.86. The fourth-order valence-corrected chi connectivity index (χ4v) is 1.86. The number of rotatable bonds is 3. The van der Waals surface area contributed by atoms with Gasteiger partial charge in [-0.15, -0.1) is 0 Å². The van der Waals surface area contributed by atoms with Crippen molar-refractivity contribution in [2.45, 2.75) is 20.4 Å². The standard InChI is InChI=1S/C9H10N4O4/c1-5-3-12-6(2)10-8(13(16)17)9(12)11(5)4-7(14)15/h3H,4H2,1-2H3,(H,14,15). The molecule has 0 atom stereocenters. The Labute approximate surface area is 95.3 Å². The molecule has 8 nitrogen and oxygen atoms in total. The van der Waals surface area contributed by atoms with Crippen molar-refractivity contribution < 1.29 is 19.2 Å². The van der Waals surface area contributed by atoms with Gasteiger partial charge >= 0.3 is 11.5 Å². The van der Waals surface area contributed by atoms with Crippen LogP contribution in [0, 0.1) is 24.0 Å². The second-order valence-electron chi connectivity index (χ2n) is 3.74. The molecule has 2 aromatic heterocycles. The van der Waals surface area contributed by atoms with Crippen molar-refractivity contribution in [3.63, 3.8) is 0 Å². The van der Waals surface area contributed by atoms with Crippen LogP contribution in [0.15, 0.2) is 6.20 Å². The number of carbonyl (C=O) groups is 1. The molecule has 0 amide bonds. The third-order valence-electron chi connectivity index (χ3n) is 2.57. The van der Waals surface area contributed by atoms with Crippen molar-refractivity contribution in [2.24, 2.45) is 0 Å². The Kier molecular flexibility index (Phi) is 2.34. The Bertz CT molecular complexity index is 624. The number of nitro groups is 1. The minimum Gasteiger partial charge on any atom is -0.547 e. The second kappa shape index (κ2) is 3.58. The van der Waals surface area contributed by atoms with Gasteiger partial charge in [-0.2, -0.15) is 4.40 Å². The number of nitrogens with one attached hydrogen (secondary N) is 1. The summed E-state index contributed by atoms with van der Waals surface area (Å²) in [5, 5.41) is 21.5. The van der Waals surface area contributed by atoms with Crippen molar-refractivity contribution in [2.75, 3.05) is 0 Å². The van der Waals surface area contributed by atoms with Crippen molar-refractivity contribution in [3.8, 4) is 0 Å². The highest BCUT2D eigenvalue weighted by Gasteiger charge is 2.27. The van der Waals surface area contributed by atoms with E-state index in [1.807, 2.05) is 0 Å². The lowest BCUT2D eigenvalue weighted by Crippen LogP contribution is -2.29. The van der Waals surface area contributed by atoms with Crippen LogP contribution in [0.5, 0.6) is 0 Å². The van der Waals surface area contributed by atoms with Gasteiger partial charge in [0.15, 0.2) is 0 Å². The van der Waals surface area contributed by atoms with Crippen LogP contribution in [0.3, 0.4) is 0 Å². The van der Waals surface area contributed by atoms with Gasteiger partial charge in [0.1, 0.15) is 18.4 Å². The highest BCUT2D eigenvalue weighted by Crippen LogP contribution is 2.17. The van der Waals surface area contributed by atoms with E-state index in [9.17, 15) is 20.0 Å². The van der Waals surface area contributed by atoms with E-state index in [1.165, 1.54) is 4.57 Å². The Balaban J connectivity index is 2.77. The number of aliphatic carboxylic acids is 1. The van der Waals surface area contributed by atoms with Crippen molar-refractivity contribution in [3.05, 3.63) is 27.8 Å². The van der Waals surface area contributed by atoms with E-state index in [2.05, 4.69) is 4.98 Å². The number of hydrogen-bond acceptors (Lipinski definition) is 4. The molecule has 8 heteroatoms. The summed E-state index contributed by atoms with van der Waals surface area (Å²) in [7, 11) is 0. The van der Waals surface area contributed by atoms with E-state index in [1.54, 1.807) is 24.4 Å². The third-order valence-corrected chi connectivity index (χ3v) is 2.57. The molecule has 90 valence electrons. The Morgan fingerprint density at radius 3 is 2.76 bits per heavy atom. The SMILES string of the molecule is Cc1c[n+]2c(C)[nH]c([N+](=O)[O-])c2n1CC(=O)[O-]. The number of imidazole rings is 2. The maximum absolute atomic E-state index is 10.9. The van der Waals surface area contributed by atoms with Gasteiger partial charge in [0.2, 0.25) is 5.82 Å². The van der Waals surface area contributed by atoms with Gasteiger partial charge in [-0.1, -0.05) is 0 Å². The first-order valence-corrected chi connectivity index (χ1v) is 4.86. The summed E-state index contributed by atoms with van der Waals surface area (Å²) in [6.45, 7) is 2.93. The molecule has 0 saturated carbocycles. The first-order chi connectivity index (χ1) is 7.91. The molecule has 0 spiro atoms. The number of carboxylic acids is 1. The molecule has 0 bridgehead atoms. The van der Waals surface area contributed by atoms with Crippen LogP contribution in [0.2, 0.25) is 0 Å². The average molecular weight is 238 g/mol. The van der Waals surface area contributed by atoms with E-state index in [4.69, 9.17) is 0 Å². The van der Waals surface area contributed by atoms with Gasteiger partial charge in [0.05, 0.1) is 5.97 Å². The number of carbonyl (C=O) groups excluding carboxylic acids is 1. The van der Waals surface area contributed by atoms with Crippen LogP contribution in [0.25, 0.3) is 5.65 Å². The first-order valence-electron chi connectivity index (χ1n) is 4.86. The molecule has 2 aromatic rings. The molecule has 0 aliphatic carbocycles. The summed E-state index contributed by atoms with van der Waals surface area (Å²) in [5.74, 6) is -0.955.